The lowest BCUT2D eigenvalue weighted by molar-refractivity contribution is 0.165. The van der Waals surface area contributed by atoms with E-state index >= 15 is 0 Å². The molecule has 0 aromatic carbocycles. The van der Waals surface area contributed by atoms with Gasteiger partial charge in [-0.05, 0) is 37.0 Å². The Morgan fingerprint density at radius 1 is 1.27 bits per heavy atom. The molecule has 4 unspecified atom stereocenters. The van der Waals surface area contributed by atoms with E-state index in [-0.39, 0.29) is 6.10 Å². The second-order valence-corrected chi connectivity index (χ2v) is 5.03. The van der Waals surface area contributed by atoms with Crippen LogP contribution in [0.2, 0.25) is 0 Å². The van der Waals surface area contributed by atoms with Gasteiger partial charge in [0.25, 0.3) is 0 Å². The van der Waals surface area contributed by atoms with Crippen LogP contribution in [0.3, 0.4) is 0 Å². The van der Waals surface area contributed by atoms with Crippen molar-refractivity contribution < 1.29 is 5.11 Å². The summed E-state index contributed by atoms with van der Waals surface area (Å²) in [6, 6.07) is 0. The van der Waals surface area contributed by atoms with Gasteiger partial charge in [0, 0.05) is 0 Å². The lowest BCUT2D eigenvalue weighted by Gasteiger charge is -2.32. The summed E-state index contributed by atoms with van der Waals surface area (Å²) in [6.45, 7) is 6.94. The zero-order valence-electron chi connectivity index (χ0n) is 10.4. The lowest BCUT2D eigenvalue weighted by atomic mass is 9.74. The van der Waals surface area contributed by atoms with Gasteiger partial charge in [-0.15, -0.1) is 0 Å². The summed E-state index contributed by atoms with van der Waals surface area (Å²) < 4.78 is 0. The van der Waals surface area contributed by atoms with Gasteiger partial charge in [0.1, 0.15) is 0 Å². The van der Waals surface area contributed by atoms with Crippen LogP contribution < -0.4 is 0 Å². The minimum Gasteiger partial charge on any atom is -0.389 e. The molecule has 1 aliphatic rings. The van der Waals surface area contributed by atoms with Crippen molar-refractivity contribution in [1.82, 2.24) is 0 Å². The number of hydrogen-bond donors (Lipinski definition) is 1. The Bertz CT molecular complexity index is 198. The molecule has 0 radical (unpaired) electrons. The molecule has 0 aromatic rings. The van der Waals surface area contributed by atoms with E-state index in [1.54, 1.807) is 0 Å². The average molecular weight is 210 g/mol. The van der Waals surface area contributed by atoms with Crippen LogP contribution in [0.15, 0.2) is 12.2 Å². The van der Waals surface area contributed by atoms with Crippen LogP contribution >= 0.6 is 0 Å². The van der Waals surface area contributed by atoms with Crippen molar-refractivity contribution in [2.75, 3.05) is 0 Å². The lowest BCUT2D eigenvalue weighted by Crippen LogP contribution is -2.24. The minimum atomic E-state index is -0.180. The van der Waals surface area contributed by atoms with Crippen molar-refractivity contribution in [2.45, 2.75) is 59.0 Å². The zero-order valence-corrected chi connectivity index (χ0v) is 10.4. The first kappa shape index (κ1) is 12.8. The highest BCUT2D eigenvalue weighted by Gasteiger charge is 2.25. The standard InChI is InChI=1S/C14H26O/c1-4-6-14(11(3)5-2)12-7-9-13(15)10-8-12/h7,9,11-15H,4-6,8,10H2,1-3H3. The van der Waals surface area contributed by atoms with Gasteiger partial charge < -0.3 is 5.11 Å². The quantitative estimate of drug-likeness (QED) is 0.685. The normalized spacial score (nSPS) is 30.1. The number of allylic oxidation sites excluding steroid dienone is 1. The third-order valence-corrected chi connectivity index (χ3v) is 3.92. The van der Waals surface area contributed by atoms with Gasteiger partial charge >= 0.3 is 0 Å². The first-order chi connectivity index (χ1) is 7.19. The van der Waals surface area contributed by atoms with Crippen molar-refractivity contribution in [2.24, 2.45) is 17.8 Å². The van der Waals surface area contributed by atoms with Crippen LogP contribution in [0.1, 0.15) is 52.9 Å². The summed E-state index contributed by atoms with van der Waals surface area (Å²) in [7, 11) is 0. The molecule has 0 fully saturated rings. The maximum atomic E-state index is 9.45. The Hall–Kier alpha value is -0.300. The van der Waals surface area contributed by atoms with E-state index in [9.17, 15) is 5.11 Å². The van der Waals surface area contributed by atoms with Crippen molar-refractivity contribution in [3.05, 3.63) is 12.2 Å². The molecule has 0 amide bonds. The van der Waals surface area contributed by atoms with Crippen LogP contribution in [-0.4, -0.2) is 11.2 Å². The highest BCUT2D eigenvalue weighted by atomic mass is 16.3. The van der Waals surface area contributed by atoms with Gasteiger partial charge in [0.15, 0.2) is 0 Å². The first-order valence-electron chi connectivity index (χ1n) is 6.55. The molecular weight excluding hydrogens is 184 g/mol. The molecule has 1 nitrogen and oxygen atoms in total. The summed E-state index contributed by atoms with van der Waals surface area (Å²) in [5.41, 5.74) is 0. The Morgan fingerprint density at radius 2 is 2.00 bits per heavy atom. The Morgan fingerprint density at radius 3 is 2.47 bits per heavy atom. The topological polar surface area (TPSA) is 20.2 Å². The molecule has 1 aliphatic carbocycles. The maximum absolute atomic E-state index is 9.45. The smallest absolute Gasteiger partial charge is 0.0721 e. The van der Waals surface area contributed by atoms with Gasteiger partial charge in [-0.2, -0.15) is 0 Å². The van der Waals surface area contributed by atoms with Gasteiger partial charge in [0.05, 0.1) is 6.10 Å². The molecule has 0 aromatic heterocycles. The number of rotatable bonds is 5. The van der Waals surface area contributed by atoms with E-state index < -0.39 is 0 Å². The molecule has 0 saturated carbocycles. The molecule has 1 heteroatoms. The fraction of sp³-hybridized carbons (Fsp3) is 0.857. The molecule has 0 aliphatic heterocycles. The molecule has 0 saturated heterocycles. The van der Waals surface area contributed by atoms with Crippen LogP contribution in [0, 0.1) is 17.8 Å². The molecule has 15 heavy (non-hydrogen) atoms. The predicted octanol–water partition coefficient (Wildman–Crippen LogP) is 3.78. The molecule has 88 valence electrons. The molecule has 4 atom stereocenters. The summed E-state index contributed by atoms with van der Waals surface area (Å²) in [6.07, 6.45) is 10.1. The van der Waals surface area contributed by atoms with Gasteiger partial charge in [0.2, 0.25) is 0 Å². The van der Waals surface area contributed by atoms with E-state index in [2.05, 4.69) is 26.8 Å². The zero-order chi connectivity index (χ0) is 11.3. The largest absolute Gasteiger partial charge is 0.389 e. The molecular formula is C14H26O. The van der Waals surface area contributed by atoms with Crippen LogP contribution in [0.4, 0.5) is 0 Å². The van der Waals surface area contributed by atoms with Gasteiger partial charge in [-0.3, -0.25) is 0 Å². The van der Waals surface area contributed by atoms with Crippen LogP contribution in [0.5, 0.6) is 0 Å². The number of aliphatic hydroxyl groups is 1. The highest BCUT2D eigenvalue weighted by molar-refractivity contribution is 5.00. The van der Waals surface area contributed by atoms with Gasteiger partial charge in [-0.25, -0.2) is 0 Å². The Labute approximate surface area is 94.6 Å². The second-order valence-electron chi connectivity index (χ2n) is 5.03. The highest BCUT2D eigenvalue weighted by Crippen LogP contribution is 2.34. The van der Waals surface area contributed by atoms with Crippen molar-refractivity contribution in [3.8, 4) is 0 Å². The second kappa shape index (κ2) is 6.32. The third kappa shape index (κ3) is 3.64. The number of aliphatic hydroxyl groups excluding tert-OH is 1. The van der Waals surface area contributed by atoms with E-state index in [1.807, 2.05) is 6.08 Å². The summed E-state index contributed by atoms with van der Waals surface area (Å²) in [5.74, 6) is 2.35. The van der Waals surface area contributed by atoms with E-state index in [4.69, 9.17) is 0 Å². The van der Waals surface area contributed by atoms with E-state index in [0.717, 1.165) is 18.3 Å². The fourth-order valence-electron chi connectivity index (χ4n) is 2.74. The Balaban J connectivity index is 2.59. The van der Waals surface area contributed by atoms with Crippen molar-refractivity contribution in [3.63, 3.8) is 0 Å². The average Bonchev–Trinajstić information content (AvgIpc) is 2.26. The predicted molar refractivity (Wildman–Crippen MR) is 65.7 cm³/mol. The molecule has 1 rings (SSSR count). The SMILES string of the molecule is CCCC(C(C)CC)C1C=CC(O)CC1. The van der Waals surface area contributed by atoms with Crippen LogP contribution in [-0.2, 0) is 0 Å². The first-order valence-corrected chi connectivity index (χ1v) is 6.55. The fourth-order valence-corrected chi connectivity index (χ4v) is 2.74. The Kier molecular flexibility index (Phi) is 5.38. The van der Waals surface area contributed by atoms with E-state index in [0.29, 0.717) is 5.92 Å². The van der Waals surface area contributed by atoms with Crippen molar-refractivity contribution in [1.29, 1.82) is 0 Å². The summed E-state index contributed by atoms with van der Waals surface area (Å²) >= 11 is 0. The van der Waals surface area contributed by atoms with Crippen LogP contribution in [0.25, 0.3) is 0 Å². The van der Waals surface area contributed by atoms with E-state index in [1.165, 1.54) is 25.7 Å². The summed E-state index contributed by atoms with van der Waals surface area (Å²) in [4.78, 5) is 0. The minimum absolute atomic E-state index is 0.180. The molecule has 0 heterocycles. The maximum Gasteiger partial charge on any atom is 0.0721 e. The summed E-state index contributed by atoms with van der Waals surface area (Å²) in [5, 5.41) is 9.45. The number of hydrogen-bond acceptors (Lipinski definition) is 1. The monoisotopic (exact) mass is 210 g/mol. The third-order valence-electron chi connectivity index (χ3n) is 3.92. The van der Waals surface area contributed by atoms with Gasteiger partial charge in [-0.1, -0.05) is 45.8 Å². The van der Waals surface area contributed by atoms with Crippen molar-refractivity contribution >= 4 is 0 Å². The molecule has 0 spiro atoms. The molecule has 1 N–H and O–H groups in total. The molecule has 0 bridgehead atoms.